The van der Waals surface area contributed by atoms with Crippen molar-refractivity contribution >= 4 is 47.3 Å². The van der Waals surface area contributed by atoms with Gasteiger partial charge >= 0.3 is 18.0 Å². The number of hydrogen-bond donors (Lipinski definition) is 1. The molecule has 44 heavy (non-hydrogen) atoms. The first kappa shape index (κ1) is 30.9. The van der Waals surface area contributed by atoms with Gasteiger partial charge in [-0.25, -0.2) is 14.1 Å². The Kier molecular flexibility index (Phi) is 8.07. The zero-order chi connectivity index (χ0) is 32.1. The van der Waals surface area contributed by atoms with E-state index in [0.717, 1.165) is 6.07 Å². The van der Waals surface area contributed by atoms with E-state index in [0.29, 0.717) is 22.6 Å². The number of amides is 5. The van der Waals surface area contributed by atoms with Crippen LogP contribution in [0.5, 0.6) is 0 Å². The summed E-state index contributed by atoms with van der Waals surface area (Å²) in [6.07, 6.45) is -0.257. The summed E-state index contributed by atoms with van der Waals surface area (Å²) in [6.45, 7) is 5.14. The van der Waals surface area contributed by atoms with Crippen LogP contribution in [-0.2, 0) is 28.7 Å². The van der Waals surface area contributed by atoms with Crippen molar-refractivity contribution in [3.63, 3.8) is 0 Å². The predicted octanol–water partition coefficient (Wildman–Crippen LogP) is 1.61. The molecule has 0 aliphatic carbocycles. The van der Waals surface area contributed by atoms with Crippen molar-refractivity contribution in [2.45, 2.75) is 58.1 Å². The van der Waals surface area contributed by atoms with Crippen molar-refractivity contribution in [3.8, 4) is 0 Å². The van der Waals surface area contributed by atoms with Crippen LogP contribution in [0.2, 0.25) is 0 Å². The molecule has 1 unspecified atom stereocenters. The van der Waals surface area contributed by atoms with Crippen LogP contribution in [0.25, 0.3) is 0 Å². The van der Waals surface area contributed by atoms with Gasteiger partial charge in [-0.1, -0.05) is 0 Å². The Bertz CT molecular complexity index is 1440. The number of imide groups is 2. The standard InChI is InChI=1S/C29H33FN4O10/c1-29(2,3)44-28(42)31-8-6-15(7-9-31)27(41)43-14-33-22(35)5-4-20(25(33)38)34-23(36)17-10-19(30)21(11-18(17)24(34)37)32-12-16(13-32)26(39)40/h10-11,15-16,20H,4-9,12-14H2,1-3H3,(H,39,40). The molecule has 1 aromatic rings. The number of carboxylic acid groups (broad SMARTS) is 1. The average molecular weight is 617 g/mol. The van der Waals surface area contributed by atoms with Crippen molar-refractivity contribution in [1.29, 1.82) is 0 Å². The molecule has 14 nitrogen and oxygen atoms in total. The third-order valence-corrected chi connectivity index (χ3v) is 8.17. The smallest absolute Gasteiger partial charge is 0.410 e. The SMILES string of the molecule is CC(C)(C)OC(=O)N1CCC(C(=O)OCN2C(=O)CCC(N3C(=O)c4cc(F)c(N5CC(C(=O)O)C5)cc4C3=O)C2=O)CC1. The van der Waals surface area contributed by atoms with Gasteiger partial charge in [0.05, 0.1) is 28.7 Å². The molecule has 3 saturated heterocycles. The van der Waals surface area contributed by atoms with E-state index in [2.05, 4.69) is 0 Å². The first-order valence-corrected chi connectivity index (χ1v) is 14.3. The number of rotatable bonds is 6. The van der Waals surface area contributed by atoms with E-state index >= 15 is 0 Å². The molecule has 4 heterocycles. The monoisotopic (exact) mass is 616 g/mol. The Morgan fingerprint density at radius 1 is 0.955 bits per heavy atom. The van der Waals surface area contributed by atoms with E-state index in [1.807, 2.05) is 0 Å². The third-order valence-electron chi connectivity index (χ3n) is 8.17. The minimum absolute atomic E-state index is 0.0279. The van der Waals surface area contributed by atoms with Gasteiger partial charge in [-0.15, -0.1) is 0 Å². The molecule has 15 heteroatoms. The molecule has 0 saturated carbocycles. The van der Waals surface area contributed by atoms with Crippen LogP contribution < -0.4 is 4.90 Å². The molecule has 0 aromatic heterocycles. The summed E-state index contributed by atoms with van der Waals surface area (Å²) in [5.41, 5.74) is -1.07. The number of ether oxygens (including phenoxy) is 2. The van der Waals surface area contributed by atoms with E-state index in [1.54, 1.807) is 20.8 Å². The number of piperidine rings is 2. The Hall–Kier alpha value is -4.56. The zero-order valence-corrected chi connectivity index (χ0v) is 24.5. The number of benzene rings is 1. The Labute approximate surface area is 251 Å². The number of carbonyl (C=O) groups excluding carboxylic acids is 6. The molecule has 5 rings (SSSR count). The minimum Gasteiger partial charge on any atom is -0.481 e. The minimum atomic E-state index is -1.37. The van der Waals surface area contributed by atoms with Gasteiger partial charge in [-0.05, 0) is 52.2 Å². The lowest BCUT2D eigenvalue weighted by molar-refractivity contribution is -0.166. The van der Waals surface area contributed by atoms with Gasteiger partial charge < -0.3 is 24.4 Å². The molecule has 5 amide bonds. The molecule has 0 radical (unpaired) electrons. The molecule has 236 valence electrons. The fraction of sp³-hybridized carbons (Fsp3) is 0.552. The summed E-state index contributed by atoms with van der Waals surface area (Å²) < 4.78 is 25.5. The normalized spacial score (nSPS) is 21.4. The van der Waals surface area contributed by atoms with Crippen LogP contribution in [0.1, 0.15) is 67.2 Å². The lowest BCUT2D eigenvalue weighted by Gasteiger charge is -2.38. The number of anilines is 1. The van der Waals surface area contributed by atoms with Gasteiger partial charge in [-0.2, -0.15) is 0 Å². The van der Waals surface area contributed by atoms with Crippen LogP contribution in [0.3, 0.4) is 0 Å². The second-order valence-electron chi connectivity index (χ2n) is 12.3. The number of carbonyl (C=O) groups is 7. The molecule has 1 aromatic carbocycles. The van der Waals surface area contributed by atoms with Gasteiger partial charge in [0.2, 0.25) is 5.91 Å². The fourth-order valence-corrected chi connectivity index (χ4v) is 5.69. The fourth-order valence-electron chi connectivity index (χ4n) is 5.69. The summed E-state index contributed by atoms with van der Waals surface area (Å²) >= 11 is 0. The summed E-state index contributed by atoms with van der Waals surface area (Å²) in [7, 11) is 0. The lowest BCUT2D eigenvalue weighted by atomic mass is 9.97. The van der Waals surface area contributed by atoms with Crippen LogP contribution in [-0.4, -0.2) is 106 Å². The van der Waals surface area contributed by atoms with Crippen LogP contribution in [0.4, 0.5) is 14.9 Å². The van der Waals surface area contributed by atoms with Crippen molar-refractivity contribution in [2.75, 3.05) is 37.8 Å². The second-order valence-corrected chi connectivity index (χ2v) is 12.3. The molecule has 4 aliphatic rings. The number of carboxylic acids is 1. The lowest BCUT2D eigenvalue weighted by Crippen LogP contribution is -2.56. The number of esters is 1. The average Bonchev–Trinajstić information content (AvgIpc) is 3.15. The molecule has 1 N–H and O–H groups in total. The highest BCUT2D eigenvalue weighted by molar-refractivity contribution is 6.23. The molecular weight excluding hydrogens is 583 g/mol. The van der Waals surface area contributed by atoms with Gasteiger partial charge in [0, 0.05) is 32.6 Å². The van der Waals surface area contributed by atoms with Crippen LogP contribution in [0.15, 0.2) is 12.1 Å². The van der Waals surface area contributed by atoms with Crippen molar-refractivity contribution in [2.24, 2.45) is 11.8 Å². The molecule has 3 fully saturated rings. The van der Waals surface area contributed by atoms with Crippen molar-refractivity contribution in [1.82, 2.24) is 14.7 Å². The van der Waals surface area contributed by atoms with Gasteiger partial charge in [-0.3, -0.25) is 33.7 Å². The summed E-state index contributed by atoms with van der Waals surface area (Å²) in [5.74, 6) is -7.04. The van der Waals surface area contributed by atoms with Gasteiger partial charge in [0.15, 0.2) is 6.73 Å². The summed E-state index contributed by atoms with van der Waals surface area (Å²) in [6, 6.07) is 0.697. The summed E-state index contributed by atoms with van der Waals surface area (Å²) in [4.78, 5) is 93.0. The number of fused-ring (bicyclic) bond motifs is 1. The Morgan fingerprint density at radius 3 is 2.16 bits per heavy atom. The maximum absolute atomic E-state index is 14.9. The maximum atomic E-state index is 14.9. The van der Waals surface area contributed by atoms with E-state index < -0.39 is 77.7 Å². The van der Waals surface area contributed by atoms with Crippen molar-refractivity contribution < 1.29 is 52.5 Å². The van der Waals surface area contributed by atoms with E-state index in [-0.39, 0.29) is 55.8 Å². The number of likely N-dealkylation sites (tertiary alicyclic amines) is 2. The number of hydrogen-bond acceptors (Lipinski definition) is 10. The topological polar surface area (TPSA) is 171 Å². The molecule has 0 spiro atoms. The largest absolute Gasteiger partial charge is 0.481 e. The predicted molar refractivity (Wildman–Crippen MR) is 147 cm³/mol. The Morgan fingerprint density at radius 2 is 1.57 bits per heavy atom. The highest BCUT2D eigenvalue weighted by atomic mass is 19.1. The third kappa shape index (κ3) is 5.82. The van der Waals surface area contributed by atoms with Crippen molar-refractivity contribution in [3.05, 3.63) is 29.1 Å². The molecule has 1 atom stereocenters. The van der Waals surface area contributed by atoms with Crippen LogP contribution in [0, 0.1) is 17.7 Å². The second kappa shape index (κ2) is 11.5. The Balaban J connectivity index is 1.20. The number of halogens is 1. The first-order valence-electron chi connectivity index (χ1n) is 14.3. The van der Waals surface area contributed by atoms with Crippen LogP contribution >= 0.6 is 0 Å². The molecular formula is C29H33FN4O10. The van der Waals surface area contributed by atoms with E-state index in [4.69, 9.17) is 14.6 Å². The highest BCUT2D eigenvalue weighted by Crippen LogP contribution is 2.35. The first-order chi connectivity index (χ1) is 20.7. The molecule has 4 aliphatic heterocycles. The summed E-state index contributed by atoms with van der Waals surface area (Å²) in [5, 5.41) is 9.11. The van der Waals surface area contributed by atoms with Gasteiger partial charge in [0.1, 0.15) is 17.5 Å². The van der Waals surface area contributed by atoms with E-state index in [1.165, 1.54) is 15.9 Å². The van der Waals surface area contributed by atoms with E-state index in [9.17, 15) is 38.0 Å². The number of aliphatic carboxylic acids is 1. The zero-order valence-electron chi connectivity index (χ0n) is 24.5. The highest BCUT2D eigenvalue weighted by Gasteiger charge is 2.48. The van der Waals surface area contributed by atoms with Gasteiger partial charge in [0.25, 0.3) is 17.7 Å². The number of nitrogens with zero attached hydrogens (tertiary/aromatic N) is 4. The quantitative estimate of drug-likeness (QED) is 0.364. The molecule has 0 bridgehead atoms. The maximum Gasteiger partial charge on any atom is 0.410 e.